The van der Waals surface area contributed by atoms with Crippen LogP contribution in [0, 0.1) is 0 Å². The normalized spacial score (nSPS) is 15.9. The molecule has 2 heterocycles. The largest absolute Gasteiger partial charge is 0.478 e. The van der Waals surface area contributed by atoms with Crippen molar-refractivity contribution in [2.24, 2.45) is 0 Å². The molecule has 0 radical (unpaired) electrons. The Balaban J connectivity index is 2.15. The predicted octanol–water partition coefficient (Wildman–Crippen LogP) is 1.49. The van der Waals surface area contributed by atoms with Crippen LogP contribution in [0.5, 0.6) is 0 Å². The first kappa shape index (κ1) is 14.6. The quantitative estimate of drug-likeness (QED) is 0.895. The van der Waals surface area contributed by atoms with Crippen LogP contribution in [0.3, 0.4) is 0 Å². The van der Waals surface area contributed by atoms with Crippen LogP contribution < -0.4 is 4.90 Å². The second-order valence-electron chi connectivity index (χ2n) is 4.68. The second kappa shape index (κ2) is 6.09. The fourth-order valence-corrected chi connectivity index (χ4v) is 2.51. The summed E-state index contributed by atoms with van der Waals surface area (Å²) in [5, 5.41) is 9.22. The van der Waals surface area contributed by atoms with E-state index in [0.29, 0.717) is 23.9 Å². The van der Waals surface area contributed by atoms with Crippen molar-refractivity contribution in [3.8, 4) is 0 Å². The molecule has 1 fully saturated rings. The smallest absolute Gasteiger partial charge is 0.337 e. The number of halogens is 1. The van der Waals surface area contributed by atoms with E-state index in [2.05, 4.69) is 4.98 Å². The molecule has 1 saturated heterocycles. The lowest BCUT2D eigenvalue weighted by Crippen LogP contribution is -2.34. The molecule has 6 nitrogen and oxygen atoms in total. The van der Waals surface area contributed by atoms with Gasteiger partial charge in [0.25, 0.3) is 0 Å². The fourth-order valence-electron chi connectivity index (χ4n) is 2.22. The van der Waals surface area contributed by atoms with Crippen LogP contribution in [0.2, 0.25) is 5.02 Å². The van der Waals surface area contributed by atoms with Crippen molar-refractivity contribution in [1.29, 1.82) is 0 Å². The fraction of sp³-hybridized carbons (Fsp3) is 0.462. The lowest BCUT2D eigenvalue weighted by molar-refractivity contribution is -0.128. The van der Waals surface area contributed by atoms with Crippen LogP contribution in [0.1, 0.15) is 23.7 Å². The average molecular weight is 298 g/mol. The summed E-state index contributed by atoms with van der Waals surface area (Å²) in [5.74, 6) is -0.418. The molecule has 1 N–H and O–H groups in total. The summed E-state index contributed by atoms with van der Waals surface area (Å²) in [6.45, 7) is 4.27. The number of hydrogen-bond acceptors (Lipinski definition) is 4. The second-order valence-corrected chi connectivity index (χ2v) is 5.09. The molecule has 0 unspecified atom stereocenters. The van der Waals surface area contributed by atoms with Gasteiger partial charge in [-0.05, 0) is 12.5 Å². The van der Waals surface area contributed by atoms with E-state index in [9.17, 15) is 9.59 Å². The lowest BCUT2D eigenvalue weighted by atomic mass is 10.2. The minimum Gasteiger partial charge on any atom is -0.478 e. The first-order valence-electron chi connectivity index (χ1n) is 6.38. The van der Waals surface area contributed by atoms with E-state index in [4.69, 9.17) is 16.7 Å². The number of carbonyl (C=O) groups is 2. The Labute approximate surface area is 122 Å². The highest BCUT2D eigenvalue weighted by Gasteiger charge is 2.20. The number of amides is 1. The van der Waals surface area contributed by atoms with Crippen molar-refractivity contribution >= 4 is 29.3 Å². The van der Waals surface area contributed by atoms with Crippen molar-refractivity contribution in [2.75, 3.05) is 31.1 Å². The SMILES string of the molecule is CC(=O)N1CCCN(c2ncc(C(=O)O)cc2Cl)CC1. The van der Waals surface area contributed by atoms with Gasteiger partial charge < -0.3 is 14.9 Å². The molecule has 1 aliphatic rings. The Morgan fingerprint density at radius 2 is 2.05 bits per heavy atom. The van der Waals surface area contributed by atoms with E-state index < -0.39 is 5.97 Å². The summed E-state index contributed by atoms with van der Waals surface area (Å²) < 4.78 is 0. The van der Waals surface area contributed by atoms with Crippen molar-refractivity contribution in [2.45, 2.75) is 13.3 Å². The number of hydrogen-bond donors (Lipinski definition) is 1. The maximum absolute atomic E-state index is 11.4. The van der Waals surface area contributed by atoms with E-state index in [1.165, 1.54) is 12.3 Å². The third kappa shape index (κ3) is 3.19. The summed E-state index contributed by atoms with van der Waals surface area (Å²) in [4.78, 5) is 30.2. The van der Waals surface area contributed by atoms with Gasteiger partial charge in [0.15, 0.2) is 0 Å². The average Bonchev–Trinajstić information content (AvgIpc) is 2.64. The number of carboxylic acids is 1. The number of nitrogens with zero attached hydrogens (tertiary/aromatic N) is 3. The predicted molar refractivity (Wildman–Crippen MR) is 75.3 cm³/mol. The minimum atomic E-state index is -1.05. The monoisotopic (exact) mass is 297 g/mol. The molecule has 7 heteroatoms. The maximum Gasteiger partial charge on any atom is 0.337 e. The molecule has 108 valence electrons. The Morgan fingerprint density at radius 3 is 2.65 bits per heavy atom. The summed E-state index contributed by atoms with van der Waals surface area (Å²) in [7, 11) is 0. The van der Waals surface area contributed by atoms with Gasteiger partial charge in [0.1, 0.15) is 5.82 Å². The lowest BCUT2D eigenvalue weighted by Gasteiger charge is -2.23. The van der Waals surface area contributed by atoms with Gasteiger partial charge in [-0.1, -0.05) is 11.6 Å². The molecule has 2 rings (SSSR count). The Morgan fingerprint density at radius 1 is 1.30 bits per heavy atom. The van der Waals surface area contributed by atoms with Crippen LogP contribution in [-0.4, -0.2) is 53.0 Å². The molecule has 1 aromatic heterocycles. The molecule has 0 saturated carbocycles. The van der Waals surface area contributed by atoms with Gasteiger partial charge >= 0.3 is 5.97 Å². The van der Waals surface area contributed by atoms with Crippen molar-refractivity contribution in [3.63, 3.8) is 0 Å². The number of rotatable bonds is 2. The van der Waals surface area contributed by atoms with Crippen LogP contribution in [0.4, 0.5) is 5.82 Å². The van der Waals surface area contributed by atoms with Gasteiger partial charge in [-0.3, -0.25) is 4.79 Å². The molecule has 0 aromatic carbocycles. The van der Waals surface area contributed by atoms with Crippen LogP contribution in [0.15, 0.2) is 12.3 Å². The van der Waals surface area contributed by atoms with Gasteiger partial charge in [-0.15, -0.1) is 0 Å². The molecule has 1 amide bonds. The van der Waals surface area contributed by atoms with Gasteiger partial charge in [0, 0.05) is 39.3 Å². The summed E-state index contributed by atoms with van der Waals surface area (Å²) in [6.07, 6.45) is 2.13. The highest BCUT2D eigenvalue weighted by atomic mass is 35.5. The maximum atomic E-state index is 11.4. The molecule has 20 heavy (non-hydrogen) atoms. The number of carbonyl (C=O) groups excluding carboxylic acids is 1. The number of carboxylic acid groups (broad SMARTS) is 1. The molecular formula is C13H16ClN3O3. The number of aromatic nitrogens is 1. The molecule has 1 aliphatic heterocycles. The van der Waals surface area contributed by atoms with Crippen molar-refractivity contribution in [3.05, 3.63) is 22.8 Å². The summed E-state index contributed by atoms with van der Waals surface area (Å²) >= 11 is 6.11. The van der Waals surface area contributed by atoms with Crippen molar-refractivity contribution < 1.29 is 14.7 Å². The zero-order valence-electron chi connectivity index (χ0n) is 11.2. The Hall–Kier alpha value is -1.82. The standard InChI is InChI=1S/C13H16ClN3O3/c1-9(18)16-3-2-4-17(6-5-16)12-11(14)7-10(8-15-12)13(19)20/h7-8H,2-6H2,1H3,(H,19,20). The van der Waals surface area contributed by atoms with Crippen LogP contribution >= 0.6 is 11.6 Å². The zero-order valence-corrected chi connectivity index (χ0v) is 11.9. The van der Waals surface area contributed by atoms with Gasteiger partial charge in [-0.2, -0.15) is 0 Å². The Kier molecular flexibility index (Phi) is 4.44. The molecule has 0 spiro atoms. The number of anilines is 1. The molecule has 1 aromatic rings. The van der Waals surface area contributed by atoms with Crippen LogP contribution in [0.25, 0.3) is 0 Å². The van der Waals surface area contributed by atoms with E-state index >= 15 is 0 Å². The first-order valence-corrected chi connectivity index (χ1v) is 6.76. The summed E-state index contributed by atoms with van der Waals surface area (Å²) in [6, 6.07) is 1.40. The molecule has 0 aliphatic carbocycles. The highest BCUT2D eigenvalue weighted by Crippen LogP contribution is 2.25. The first-order chi connectivity index (χ1) is 9.49. The van der Waals surface area contributed by atoms with Gasteiger partial charge in [0.2, 0.25) is 5.91 Å². The van der Waals surface area contributed by atoms with Crippen LogP contribution in [-0.2, 0) is 4.79 Å². The zero-order chi connectivity index (χ0) is 14.7. The van der Waals surface area contributed by atoms with E-state index in [-0.39, 0.29) is 11.5 Å². The molecule has 0 bridgehead atoms. The Bertz CT molecular complexity index is 536. The summed E-state index contributed by atoms with van der Waals surface area (Å²) in [5.41, 5.74) is 0.0685. The highest BCUT2D eigenvalue weighted by molar-refractivity contribution is 6.33. The number of pyridine rings is 1. The minimum absolute atomic E-state index is 0.0622. The molecule has 0 atom stereocenters. The third-order valence-corrected chi connectivity index (χ3v) is 3.59. The topological polar surface area (TPSA) is 73.7 Å². The number of aromatic carboxylic acids is 1. The van der Waals surface area contributed by atoms with Gasteiger partial charge in [0.05, 0.1) is 10.6 Å². The van der Waals surface area contributed by atoms with E-state index in [1.807, 2.05) is 4.90 Å². The van der Waals surface area contributed by atoms with Gasteiger partial charge in [-0.25, -0.2) is 9.78 Å². The molecular weight excluding hydrogens is 282 g/mol. The third-order valence-electron chi connectivity index (χ3n) is 3.31. The van der Waals surface area contributed by atoms with E-state index in [1.54, 1.807) is 11.8 Å². The van der Waals surface area contributed by atoms with E-state index in [0.717, 1.165) is 19.5 Å². The van der Waals surface area contributed by atoms with Crippen molar-refractivity contribution in [1.82, 2.24) is 9.88 Å².